The Labute approximate surface area is 70.5 Å². The van der Waals surface area contributed by atoms with Gasteiger partial charge in [0.1, 0.15) is 6.26 Å². The molecule has 0 spiro atoms. The molecule has 0 unspecified atom stereocenters. The van der Waals surface area contributed by atoms with E-state index in [0.29, 0.717) is 6.61 Å². The SMILES string of the molecule is CCCCOC(=O)c1ncco1. The number of nitrogens with zero attached hydrogens (tertiary/aromatic N) is 1. The van der Waals surface area contributed by atoms with Crippen LogP contribution in [0.4, 0.5) is 0 Å². The van der Waals surface area contributed by atoms with E-state index >= 15 is 0 Å². The van der Waals surface area contributed by atoms with Crippen LogP contribution in [-0.2, 0) is 4.74 Å². The van der Waals surface area contributed by atoms with E-state index in [4.69, 9.17) is 9.15 Å². The van der Waals surface area contributed by atoms with Crippen LogP contribution in [0.15, 0.2) is 16.9 Å². The molecular weight excluding hydrogens is 158 g/mol. The molecule has 0 saturated carbocycles. The third-order valence-electron chi connectivity index (χ3n) is 1.34. The third kappa shape index (κ3) is 2.38. The Morgan fingerprint density at radius 2 is 2.58 bits per heavy atom. The fourth-order valence-electron chi connectivity index (χ4n) is 0.695. The second-order valence-corrected chi connectivity index (χ2v) is 2.33. The highest BCUT2D eigenvalue weighted by atomic mass is 16.5. The predicted molar refractivity (Wildman–Crippen MR) is 41.7 cm³/mol. The summed E-state index contributed by atoms with van der Waals surface area (Å²) in [6, 6.07) is 0. The fraction of sp³-hybridized carbons (Fsp3) is 0.500. The van der Waals surface area contributed by atoms with Gasteiger partial charge in [0.15, 0.2) is 0 Å². The smallest absolute Gasteiger partial charge is 0.394 e. The Hall–Kier alpha value is -1.32. The minimum atomic E-state index is -0.492. The molecule has 1 aromatic heterocycles. The largest absolute Gasteiger partial charge is 0.459 e. The monoisotopic (exact) mass is 169 g/mol. The number of aromatic nitrogens is 1. The Kier molecular flexibility index (Phi) is 3.32. The summed E-state index contributed by atoms with van der Waals surface area (Å²) in [7, 11) is 0. The molecule has 0 aromatic carbocycles. The van der Waals surface area contributed by atoms with Gasteiger partial charge in [0, 0.05) is 0 Å². The van der Waals surface area contributed by atoms with Crippen LogP contribution in [0.3, 0.4) is 0 Å². The summed E-state index contributed by atoms with van der Waals surface area (Å²) in [4.78, 5) is 14.7. The van der Waals surface area contributed by atoms with E-state index in [1.165, 1.54) is 12.5 Å². The number of rotatable bonds is 4. The average Bonchev–Trinajstić information content (AvgIpc) is 2.56. The zero-order chi connectivity index (χ0) is 8.81. The van der Waals surface area contributed by atoms with Gasteiger partial charge in [0.2, 0.25) is 0 Å². The van der Waals surface area contributed by atoms with E-state index in [0.717, 1.165) is 12.8 Å². The average molecular weight is 169 g/mol. The molecule has 0 aliphatic carbocycles. The van der Waals surface area contributed by atoms with E-state index in [2.05, 4.69) is 4.98 Å². The van der Waals surface area contributed by atoms with Crippen LogP contribution in [-0.4, -0.2) is 17.6 Å². The quantitative estimate of drug-likeness (QED) is 0.507. The van der Waals surface area contributed by atoms with Gasteiger partial charge in [-0.1, -0.05) is 13.3 Å². The van der Waals surface area contributed by atoms with Gasteiger partial charge in [-0.15, -0.1) is 0 Å². The summed E-state index contributed by atoms with van der Waals surface area (Å²) in [5, 5.41) is 0. The molecule has 0 N–H and O–H groups in total. The summed E-state index contributed by atoms with van der Waals surface area (Å²) in [5.74, 6) is -0.473. The molecule has 0 aliphatic heterocycles. The molecule has 0 bridgehead atoms. The van der Waals surface area contributed by atoms with Crippen molar-refractivity contribution in [3.05, 3.63) is 18.4 Å². The van der Waals surface area contributed by atoms with Crippen molar-refractivity contribution in [2.24, 2.45) is 0 Å². The first-order valence-electron chi connectivity index (χ1n) is 3.91. The van der Waals surface area contributed by atoms with Crippen molar-refractivity contribution in [1.29, 1.82) is 0 Å². The van der Waals surface area contributed by atoms with Crippen LogP contribution in [0.1, 0.15) is 30.5 Å². The normalized spacial score (nSPS) is 9.75. The number of hydrogen-bond donors (Lipinski definition) is 0. The summed E-state index contributed by atoms with van der Waals surface area (Å²) < 4.78 is 9.57. The third-order valence-corrected chi connectivity index (χ3v) is 1.34. The van der Waals surface area contributed by atoms with Crippen LogP contribution in [0.2, 0.25) is 0 Å². The minimum absolute atomic E-state index is 0.0195. The van der Waals surface area contributed by atoms with Gasteiger partial charge < -0.3 is 9.15 Å². The maximum atomic E-state index is 11.0. The first kappa shape index (κ1) is 8.77. The molecule has 0 saturated heterocycles. The van der Waals surface area contributed by atoms with Crippen molar-refractivity contribution in [2.45, 2.75) is 19.8 Å². The van der Waals surface area contributed by atoms with Gasteiger partial charge in [-0.3, -0.25) is 0 Å². The molecule has 0 amide bonds. The predicted octanol–water partition coefficient (Wildman–Crippen LogP) is 1.63. The van der Waals surface area contributed by atoms with Crippen molar-refractivity contribution >= 4 is 5.97 Å². The number of unbranched alkanes of at least 4 members (excludes halogenated alkanes) is 1. The highest BCUT2D eigenvalue weighted by Crippen LogP contribution is 1.98. The van der Waals surface area contributed by atoms with Gasteiger partial charge in [0.05, 0.1) is 12.8 Å². The fourth-order valence-corrected chi connectivity index (χ4v) is 0.695. The Morgan fingerprint density at radius 1 is 1.75 bits per heavy atom. The number of hydrogen-bond acceptors (Lipinski definition) is 4. The van der Waals surface area contributed by atoms with E-state index in [1.54, 1.807) is 0 Å². The molecule has 0 radical (unpaired) electrons. The summed E-state index contributed by atoms with van der Waals surface area (Å²) in [6.45, 7) is 2.46. The lowest BCUT2D eigenvalue weighted by Crippen LogP contribution is -2.06. The molecule has 66 valence electrons. The van der Waals surface area contributed by atoms with E-state index in [1.807, 2.05) is 6.92 Å². The van der Waals surface area contributed by atoms with Crippen LogP contribution < -0.4 is 0 Å². The van der Waals surface area contributed by atoms with Crippen molar-refractivity contribution in [1.82, 2.24) is 4.98 Å². The summed E-state index contributed by atoms with van der Waals surface area (Å²) >= 11 is 0. The van der Waals surface area contributed by atoms with Gasteiger partial charge in [-0.25, -0.2) is 9.78 Å². The molecule has 12 heavy (non-hydrogen) atoms. The molecule has 1 heterocycles. The number of carbonyl (C=O) groups excluding carboxylic acids is 1. The zero-order valence-corrected chi connectivity index (χ0v) is 6.95. The van der Waals surface area contributed by atoms with E-state index in [-0.39, 0.29) is 5.89 Å². The first-order valence-corrected chi connectivity index (χ1v) is 3.91. The van der Waals surface area contributed by atoms with Crippen LogP contribution in [0.25, 0.3) is 0 Å². The Balaban J connectivity index is 2.30. The van der Waals surface area contributed by atoms with Crippen LogP contribution in [0, 0.1) is 0 Å². The second-order valence-electron chi connectivity index (χ2n) is 2.33. The molecular formula is C8H11NO3. The highest BCUT2D eigenvalue weighted by molar-refractivity contribution is 5.83. The number of ether oxygens (including phenoxy) is 1. The molecule has 0 aliphatic rings. The molecule has 0 fully saturated rings. The van der Waals surface area contributed by atoms with Gasteiger partial charge in [-0.2, -0.15) is 0 Å². The minimum Gasteiger partial charge on any atom is -0.459 e. The van der Waals surface area contributed by atoms with Gasteiger partial charge >= 0.3 is 11.9 Å². The molecule has 4 heteroatoms. The molecule has 4 nitrogen and oxygen atoms in total. The molecule has 1 aromatic rings. The Bertz CT molecular complexity index is 230. The van der Waals surface area contributed by atoms with Crippen LogP contribution >= 0.6 is 0 Å². The number of oxazole rings is 1. The lowest BCUT2D eigenvalue weighted by atomic mass is 10.4. The van der Waals surface area contributed by atoms with Gasteiger partial charge in [0.25, 0.3) is 0 Å². The molecule has 1 rings (SSSR count). The van der Waals surface area contributed by atoms with E-state index in [9.17, 15) is 4.79 Å². The number of esters is 1. The number of carbonyl (C=O) groups is 1. The molecule has 0 atom stereocenters. The maximum absolute atomic E-state index is 11.0. The van der Waals surface area contributed by atoms with E-state index < -0.39 is 5.97 Å². The zero-order valence-electron chi connectivity index (χ0n) is 6.95. The summed E-state index contributed by atoms with van der Waals surface area (Å²) in [6.07, 6.45) is 4.62. The topological polar surface area (TPSA) is 52.3 Å². The van der Waals surface area contributed by atoms with Gasteiger partial charge in [-0.05, 0) is 6.42 Å². The maximum Gasteiger partial charge on any atom is 0.394 e. The van der Waals surface area contributed by atoms with Crippen LogP contribution in [0.5, 0.6) is 0 Å². The lowest BCUT2D eigenvalue weighted by Gasteiger charge is -1.98. The summed E-state index contributed by atoms with van der Waals surface area (Å²) in [5.41, 5.74) is 0. The van der Waals surface area contributed by atoms with Crippen molar-refractivity contribution in [3.8, 4) is 0 Å². The van der Waals surface area contributed by atoms with Crippen molar-refractivity contribution in [2.75, 3.05) is 6.61 Å². The van der Waals surface area contributed by atoms with Crippen molar-refractivity contribution < 1.29 is 13.9 Å². The second kappa shape index (κ2) is 4.54. The lowest BCUT2D eigenvalue weighted by molar-refractivity contribution is 0.0454. The van der Waals surface area contributed by atoms with Crippen molar-refractivity contribution in [3.63, 3.8) is 0 Å². The first-order chi connectivity index (χ1) is 5.84. The highest BCUT2D eigenvalue weighted by Gasteiger charge is 2.10. The Morgan fingerprint density at radius 3 is 3.17 bits per heavy atom. The standard InChI is InChI=1S/C8H11NO3/c1-2-3-5-12-8(10)7-9-4-6-11-7/h4,6H,2-3,5H2,1H3.